The van der Waals surface area contributed by atoms with Crippen molar-refractivity contribution in [3.8, 4) is 5.75 Å². The topological polar surface area (TPSA) is 102 Å². The van der Waals surface area contributed by atoms with E-state index in [-0.39, 0.29) is 30.2 Å². The Bertz CT molecular complexity index is 1790. The number of aromatic nitrogens is 3. The summed E-state index contributed by atoms with van der Waals surface area (Å²) in [6.07, 6.45) is 0.655. The van der Waals surface area contributed by atoms with Gasteiger partial charge in [-0.25, -0.2) is 5.01 Å². The third-order valence-corrected chi connectivity index (χ3v) is 9.36. The number of aryl methyl sites for hydroxylation is 1. The largest absolute Gasteiger partial charge is 0.497 e. The van der Waals surface area contributed by atoms with Gasteiger partial charge in [-0.05, 0) is 53.8 Å². The van der Waals surface area contributed by atoms with E-state index < -0.39 is 0 Å². The van der Waals surface area contributed by atoms with Gasteiger partial charge in [-0.3, -0.25) is 9.59 Å². The van der Waals surface area contributed by atoms with Crippen LogP contribution in [0.2, 0.25) is 0 Å². The second kappa shape index (κ2) is 13.9. The number of hydrogen-bond acceptors (Lipinski definition) is 8. The Balaban J connectivity index is 1.20. The van der Waals surface area contributed by atoms with Crippen LogP contribution in [-0.2, 0) is 17.9 Å². The summed E-state index contributed by atoms with van der Waals surface area (Å²) in [6, 6.07) is 29.0. The zero-order chi connectivity index (χ0) is 31.2. The van der Waals surface area contributed by atoms with E-state index in [0.717, 1.165) is 21.7 Å². The molecule has 2 amide bonds. The summed E-state index contributed by atoms with van der Waals surface area (Å²) in [4.78, 5) is 27.7. The molecule has 0 saturated carbocycles. The number of thioether (sulfide) groups is 1. The summed E-state index contributed by atoms with van der Waals surface area (Å²) in [7, 11) is 1.58. The number of thiophene rings is 1. The van der Waals surface area contributed by atoms with Crippen molar-refractivity contribution in [1.29, 1.82) is 0 Å². The molecule has 228 valence electrons. The quantitative estimate of drug-likeness (QED) is 0.176. The van der Waals surface area contributed by atoms with Gasteiger partial charge in [0, 0.05) is 12.0 Å². The Morgan fingerprint density at radius 3 is 2.47 bits per heavy atom. The molecule has 11 heteroatoms. The number of rotatable bonds is 11. The maximum atomic E-state index is 13.8. The van der Waals surface area contributed by atoms with Gasteiger partial charge in [0.15, 0.2) is 11.0 Å². The van der Waals surface area contributed by atoms with Crippen LogP contribution in [0.4, 0.5) is 0 Å². The van der Waals surface area contributed by atoms with Crippen LogP contribution in [-0.4, -0.2) is 50.2 Å². The van der Waals surface area contributed by atoms with Gasteiger partial charge < -0.3 is 14.6 Å². The minimum absolute atomic E-state index is 0.110. The van der Waals surface area contributed by atoms with Gasteiger partial charge in [0.25, 0.3) is 11.8 Å². The van der Waals surface area contributed by atoms with Crippen LogP contribution in [0, 0.1) is 6.92 Å². The van der Waals surface area contributed by atoms with Gasteiger partial charge in [-0.1, -0.05) is 78.0 Å². The van der Waals surface area contributed by atoms with Crippen LogP contribution >= 0.6 is 23.1 Å². The molecule has 0 fully saturated rings. The van der Waals surface area contributed by atoms with E-state index in [1.807, 2.05) is 52.4 Å². The molecule has 9 nitrogen and oxygen atoms in total. The molecule has 6 rings (SSSR count). The Hall–Kier alpha value is -4.74. The van der Waals surface area contributed by atoms with Gasteiger partial charge in [-0.15, -0.1) is 21.5 Å². The van der Waals surface area contributed by atoms with Gasteiger partial charge >= 0.3 is 0 Å². The fourth-order valence-electron chi connectivity index (χ4n) is 5.06. The molecular weight excluding hydrogens is 605 g/mol. The summed E-state index contributed by atoms with van der Waals surface area (Å²) in [5.41, 5.74) is 4.70. The summed E-state index contributed by atoms with van der Waals surface area (Å²) >= 11 is 2.95. The predicted molar refractivity (Wildman–Crippen MR) is 177 cm³/mol. The molecule has 1 aliphatic heterocycles. The summed E-state index contributed by atoms with van der Waals surface area (Å²) < 4.78 is 7.14. The molecule has 3 aromatic carbocycles. The highest BCUT2D eigenvalue weighted by Gasteiger charge is 2.33. The Kier molecular flexibility index (Phi) is 9.37. The normalized spacial score (nSPS) is 14.3. The first kappa shape index (κ1) is 30.3. The second-order valence-electron chi connectivity index (χ2n) is 10.6. The number of benzene rings is 3. The van der Waals surface area contributed by atoms with Crippen molar-refractivity contribution in [1.82, 2.24) is 25.1 Å². The molecule has 5 aromatic rings. The van der Waals surface area contributed by atoms with Crippen LogP contribution in [0.3, 0.4) is 0 Å². The molecule has 1 aliphatic rings. The van der Waals surface area contributed by atoms with E-state index in [1.165, 1.54) is 17.3 Å². The zero-order valence-electron chi connectivity index (χ0n) is 24.9. The van der Waals surface area contributed by atoms with Crippen LogP contribution in [0.5, 0.6) is 5.75 Å². The Morgan fingerprint density at radius 1 is 0.978 bits per heavy atom. The first-order valence-corrected chi connectivity index (χ1v) is 16.4. The molecule has 3 heterocycles. The molecule has 0 spiro atoms. The fourth-order valence-corrected chi connectivity index (χ4v) is 6.59. The van der Waals surface area contributed by atoms with Crippen LogP contribution in [0.25, 0.3) is 0 Å². The minimum Gasteiger partial charge on any atom is -0.497 e. The van der Waals surface area contributed by atoms with E-state index >= 15 is 0 Å². The van der Waals surface area contributed by atoms with Gasteiger partial charge in [0.1, 0.15) is 5.75 Å². The predicted octanol–water partition coefficient (Wildman–Crippen LogP) is 6.10. The number of carbonyl (C=O) groups is 2. The number of methoxy groups -OCH3 is 1. The minimum atomic E-state index is -0.230. The molecule has 1 atom stereocenters. The van der Waals surface area contributed by atoms with Crippen molar-refractivity contribution < 1.29 is 14.3 Å². The van der Waals surface area contributed by atoms with Crippen molar-refractivity contribution in [2.45, 2.75) is 37.6 Å². The number of hydrazone groups is 1. The fraction of sp³-hybridized carbons (Fsp3) is 0.206. The van der Waals surface area contributed by atoms with Gasteiger partial charge in [-0.2, -0.15) is 5.10 Å². The van der Waals surface area contributed by atoms with Crippen LogP contribution in [0.15, 0.2) is 107 Å². The molecule has 1 N–H and O–H groups in total. The average Bonchev–Trinajstić information content (AvgIpc) is 3.84. The maximum absolute atomic E-state index is 13.8. The molecule has 45 heavy (non-hydrogen) atoms. The molecule has 2 aromatic heterocycles. The highest BCUT2D eigenvalue weighted by atomic mass is 32.2. The number of nitrogens with zero attached hydrogens (tertiary/aromatic N) is 5. The van der Waals surface area contributed by atoms with E-state index in [1.54, 1.807) is 47.7 Å². The van der Waals surface area contributed by atoms with Crippen LogP contribution in [0.1, 0.15) is 50.2 Å². The van der Waals surface area contributed by atoms with Crippen molar-refractivity contribution in [3.05, 3.63) is 129 Å². The maximum Gasteiger partial charge on any atom is 0.253 e. The number of nitrogens with one attached hydrogen (secondary N) is 1. The van der Waals surface area contributed by atoms with Crippen molar-refractivity contribution >= 4 is 40.6 Å². The van der Waals surface area contributed by atoms with Gasteiger partial charge in [0.05, 0.1) is 42.6 Å². The SMILES string of the molecule is COc1ccc(C(=O)NCc2nnc(SCC(=O)N3N=C(c4cccs4)C[C@@H]3c3ccc(C)cc3)n2Cc2ccccc2)cc1. The lowest BCUT2D eigenvalue weighted by atomic mass is 10.00. The molecule has 0 radical (unpaired) electrons. The third kappa shape index (κ3) is 7.16. The van der Waals surface area contributed by atoms with E-state index in [4.69, 9.17) is 9.84 Å². The lowest BCUT2D eigenvalue weighted by Crippen LogP contribution is -2.28. The van der Waals surface area contributed by atoms with Crippen molar-refractivity contribution in [3.63, 3.8) is 0 Å². The molecule has 0 bridgehead atoms. The number of ether oxygens (including phenoxy) is 1. The summed E-state index contributed by atoms with van der Waals surface area (Å²) in [5.74, 6) is 1.06. The highest BCUT2D eigenvalue weighted by molar-refractivity contribution is 7.99. The lowest BCUT2D eigenvalue weighted by Gasteiger charge is -2.22. The number of amides is 2. The summed E-state index contributed by atoms with van der Waals surface area (Å²) in [6.45, 7) is 2.72. The first-order chi connectivity index (χ1) is 22.0. The van der Waals surface area contributed by atoms with Crippen molar-refractivity contribution in [2.75, 3.05) is 12.9 Å². The molecule has 0 saturated heterocycles. The number of hydrogen-bond donors (Lipinski definition) is 1. The molecule has 0 unspecified atom stereocenters. The summed E-state index contributed by atoms with van der Waals surface area (Å²) in [5, 5.41) is 20.8. The Labute approximate surface area is 270 Å². The average molecular weight is 637 g/mol. The van der Waals surface area contributed by atoms with Gasteiger partial charge in [0.2, 0.25) is 0 Å². The highest BCUT2D eigenvalue weighted by Crippen LogP contribution is 2.35. The monoisotopic (exact) mass is 636 g/mol. The number of carbonyl (C=O) groups excluding carboxylic acids is 2. The Morgan fingerprint density at radius 2 is 1.76 bits per heavy atom. The zero-order valence-corrected chi connectivity index (χ0v) is 26.6. The van der Waals surface area contributed by atoms with Crippen molar-refractivity contribution in [2.24, 2.45) is 5.10 Å². The molecule has 0 aliphatic carbocycles. The smallest absolute Gasteiger partial charge is 0.253 e. The lowest BCUT2D eigenvalue weighted by molar-refractivity contribution is -0.130. The second-order valence-corrected chi connectivity index (χ2v) is 12.5. The van der Waals surface area contributed by atoms with E-state index in [0.29, 0.717) is 35.3 Å². The van der Waals surface area contributed by atoms with E-state index in [9.17, 15) is 9.59 Å². The molecular formula is C34H32N6O3S2. The van der Waals surface area contributed by atoms with Crippen LogP contribution < -0.4 is 10.1 Å². The first-order valence-electron chi connectivity index (χ1n) is 14.5. The standard InChI is InChI=1S/C34H32N6O3S2/c1-23-10-12-25(13-11-23)29-19-28(30-9-6-18-44-30)38-40(29)32(41)22-45-34-37-36-31(39(34)21-24-7-4-3-5-8-24)20-35-33(42)26-14-16-27(43-2)17-15-26/h3-18,29H,19-22H2,1-2H3,(H,35,42)/t29-/m1/s1. The van der Waals surface area contributed by atoms with E-state index in [2.05, 4.69) is 46.7 Å². The third-order valence-electron chi connectivity index (χ3n) is 7.49.